The quantitative estimate of drug-likeness (QED) is 0.726. The van der Waals surface area contributed by atoms with Crippen LogP contribution < -0.4 is 0 Å². The van der Waals surface area contributed by atoms with Crippen LogP contribution in [0.15, 0.2) is 18.2 Å². The monoisotopic (exact) mass is 285 g/mol. The van der Waals surface area contributed by atoms with E-state index in [0.29, 0.717) is 11.9 Å². The Kier molecular flexibility index (Phi) is 3.59. The van der Waals surface area contributed by atoms with Gasteiger partial charge in [-0.2, -0.15) is 0 Å². The molecule has 0 aromatic heterocycles. The molecule has 1 aliphatic rings. The van der Waals surface area contributed by atoms with Crippen molar-refractivity contribution in [2.75, 3.05) is 11.9 Å². The third kappa shape index (κ3) is 2.43. The fourth-order valence-electron chi connectivity index (χ4n) is 2.02. The first-order chi connectivity index (χ1) is 7.70. The van der Waals surface area contributed by atoms with Crippen LogP contribution in [0.4, 0.5) is 4.39 Å². The molecule has 0 atom stereocenters. The highest BCUT2D eigenvalue weighted by Gasteiger charge is 2.18. The lowest BCUT2D eigenvalue weighted by atomic mass is 10.0. The average molecular weight is 286 g/mol. The summed E-state index contributed by atoms with van der Waals surface area (Å²) in [5, 5.41) is 0.351. The molecule has 0 N–H and O–H groups in total. The van der Waals surface area contributed by atoms with E-state index in [4.69, 9.17) is 0 Å². The Hall–Kier alpha value is -0.900. The zero-order chi connectivity index (χ0) is 11.5. The molecule has 1 amide bonds. The molecule has 2 rings (SSSR count). The summed E-state index contributed by atoms with van der Waals surface area (Å²) >= 11 is 3.18. The lowest BCUT2D eigenvalue weighted by molar-refractivity contribution is -0.128. The number of halogens is 2. The highest BCUT2D eigenvalue weighted by molar-refractivity contribution is 9.09. The van der Waals surface area contributed by atoms with Crippen LogP contribution in [-0.2, 0) is 17.8 Å². The van der Waals surface area contributed by atoms with Crippen molar-refractivity contribution in [3.05, 3.63) is 35.1 Å². The SMILES string of the molecule is O=C(CBr)N1CCCc2cc(F)ccc2C1. The zero-order valence-corrected chi connectivity index (χ0v) is 10.5. The zero-order valence-electron chi connectivity index (χ0n) is 8.88. The van der Waals surface area contributed by atoms with E-state index < -0.39 is 0 Å². The maximum atomic E-state index is 13.1. The number of amides is 1. The molecule has 0 bridgehead atoms. The van der Waals surface area contributed by atoms with E-state index in [1.807, 2.05) is 4.90 Å². The van der Waals surface area contributed by atoms with E-state index in [2.05, 4.69) is 15.9 Å². The van der Waals surface area contributed by atoms with Gasteiger partial charge < -0.3 is 4.90 Å². The van der Waals surface area contributed by atoms with Crippen molar-refractivity contribution < 1.29 is 9.18 Å². The summed E-state index contributed by atoms with van der Waals surface area (Å²) < 4.78 is 13.1. The molecule has 0 spiro atoms. The lowest BCUT2D eigenvalue weighted by Gasteiger charge is -2.19. The summed E-state index contributed by atoms with van der Waals surface area (Å²) in [4.78, 5) is 13.4. The Morgan fingerprint density at radius 3 is 3.00 bits per heavy atom. The van der Waals surface area contributed by atoms with Crippen LogP contribution in [0, 0.1) is 5.82 Å². The minimum atomic E-state index is -0.195. The maximum absolute atomic E-state index is 13.1. The second kappa shape index (κ2) is 4.95. The van der Waals surface area contributed by atoms with Gasteiger partial charge in [0.2, 0.25) is 5.91 Å². The summed E-state index contributed by atoms with van der Waals surface area (Å²) in [6.45, 7) is 1.35. The van der Waals surface area contributed by atoms with Gasteiger partial charge in [-0.05, 0) is 36.1 Å². The molecule has 16 heavy (non-hydrogen) atoms. The molecule has 0 unspecified atom stereocenters. The number of hydrogen-bond acceptors (Lipinski definition) is 1. The normalized spacial score (nSPS) is 15.5. The topological polar surface area (TPSA) is 20.3 Å². The number of carbonyl (C=O) groups excluding carboxylic acids is 1. The lowest BCUT2D eigenvalue weighted by Crippen LogP contribution is -2.31. The summed E-state index contributed by atoms with van der Waals surface area (Å²) in [6.07, 6.45) is 1.74. The summed E-state index contributed by atoms with van der Waals surface area (Å²) in [5.41, 5.74) is 2.10. The fraction of sp³-hybridized carbons (Fsp3) is 0.417. The number of aryl methyl sites for hydroxylation is 1. The molecule has 1 aliphatic heterocycles. The molecule has 4 heteroatoms. The second-order valence-electron chi connectivity index (χ2n) is 3.97. The van der Waals surface area contributed by atoms with Gasteiger partial charge in [-0.15, -0.1) is 0 Å². The Labute approximate surface area is 103 Å². The molecule has 0 radical (unpaired) electrons. The van der Waals surface area contributed by atoms with Crippen molar-refractivity contribution in [2.45, 2.75) is 19.4 Å². The second-order valence-corrected chi connectivity index (χ2v) is 4.53. The average Bonchev–Trinajstić information content (AvgIpc) is 2.49. The summed E-state index contributed by atoms with van der Waals surface area (Å²) in [6, 6.07) is 4.82. The first-order valence-electron chi connectivity index (χ1n) is 5.32. The Morgan fingerprint density at radius 1 is 1.44 bits per heavy atom. The van der Waals surface area contributed by atoms with E-state index in [0.717, 1.165) is 30.5 Å². The van der Waals surface area contributed by atoms with Crippen LogP contribution in [0.3, 0.4) is 0 Å². The number of rotatable bonds is 1. The molecular weight excluding hydrogens is 273 g/mol. The number of nitrogens with zero attached hydrogens (tertiary/aromatic N) is 1. The van der Waals surface area contributed by atoms with Gasteiger partial charge in [0, 0.05) is 13.1 Å². The fourth-order valence-corrected chi connectivity index (χ4v) is 2.38. The molecule has 1 aromatic carbocycles. The molecule has 0 saturated heterocycles. The number of fused-ring (bicyclic) bond motifs is 1. The van der Waals surface area contributed by atoms with Crippen molar-refractivity contribution in [1.29, 1.82) is 0 Å². The van der Waals surface area contributed by atoms with Gasteiger partial charge >= 0.3 is 0 Å². The van der Waals surface area contributed by atoms with Crippen molar-refractivity contribution in [2.24, 2.45) is 0 Å². The predicted octanol–water partition coefficient (Wildman–Crippen LogP) is 2.50. The maximum Gasteiger partial charge on any atom is 0.233 e. The number of carbonyl (C=O) groups is 1. The first-order valence-corrected chi connectivity index (χ1v) is 6.44. The van der Waals surface area contributed by atoms with Crippen molar-refractivity contribution in [1.82, 2.24) is 4.90 Å². The molecule has 1 heterocycles. The molecule has 0 aliphatic carbocycles. The molecular formula is C12H13BrFNO. The van der Waals surface area contributed by atoms with Crippen molar-refractivity contribution >= 4 is 21.8 Å². The highest BCUT2D eigenvalue weighted by Crippen LogP contribution is 2.20. The van der Waals surface area contributed by atoms with Gasteiger partial charge in [0.05, 0.1) is 5.33 Å². The number of alkyl halides is 1. The highest BCUT2D eigenvalue weighted by atomic mass is 79.9. The molecule has 2 nitrogen and oxygen atoms in total. The van der Waals surface area contributed by atoms with Crippen LogP contribution in [0.2, 0.25) is 0 Å². The van der Waals surface area contributed by atoms with E-state index in [9.17, 15) is 9.18 Å². The third-order valence-electron chi connectivity index (χ3n) is 2.87. The number of benzene rings is 1. The molecule has 0 fully saturated rings. The van der Waals surface area contributed by atoms with E-state index in [1.54, 1.807) is 12.1 Å². The minimum Gasteiger partial charge on any atom is -0.338 e. The van der Waals surface area contributed by atoms with Gasteiger partial charge in [0.15, 0.2) is 0 Å². The molecule has 0 saturated carbocycles. The van der Waals surface area contributed by atoms with E-state index >= 15 is 0 Å². The van der Waals surface area contributed by atoms with Gasteiger partial charge in [0.25, 0.3) is 0 Å². The van der Waals surface area contributed by atoms with E-state index in [1.165, 1.54) is 6.07 Å². The molecule has 1 aromatic rings. The van der Waals surface area contributed by atoms with E-state index in [-0.39, 0.29) is 11.7 Å². The standard InChI is InChI=1S/C12H13BrFNO/c13-7-12(16)15-5-1-2-9-6-11(14)4-3-10(9)8-15/h3-4,6H,1-2,5,7-8H2. The largest absolute Gasteiger partial charge is 0.338 e. The van der Waals surface area contributed by atoms with Crippen LogP contribution in [-0.4, -0.2) is 22.7 Å². The van der Waals surface area contributed by atoms with Gasteiger partial charge in [-0.3, -0.25) is 4.79 Å². The Balaban J connectivity index is 2.24. The van der Waals surface area contributed by atoms with Gasteiger partial charge in [0.1, 0.15) is 5.82 Å². The Bertz CT molecular complexity index is 408. The Morgan fingerprint density at radius 2 is 2.25 bits per heavy atom. The smallest absolute Gasteiger partial charge is 0.233 e. The van der Waals surface area contributed by atoms with Crippen molar-refractivity contribution in [3.8, 4) is 0 Å². The summed E-state index contributed by atoms with van der Waals surface area (Å²) in [5.74, 6) is -0.101. The first kappa shape index (κ1) is 11.6. The van der Waals surface area contributed by atoms with Gasteiger partial charge in [-0.1, -0.05) is 22.0 Å². The van der Waals surface area contributed by atoms with Crippen LogP contribution >= 0.6 is 15.9 Å². The minimum absolute atomic E-state index is 0.0946. The third-order valence-corrected chi connectivity index (χ3v) is 3.35. The van der Waals surface area contributed by atoms with Crippen molar-refractivity contribution in [3.63, 3.8) is 0 Å². The van der Waals surface area contributed by atoms with Gasteiger partial charge in [-0.25, -0.2) is 4.39 Å². The van der Waals surface area contributed by atoms with Crippen LogP contribution in [0.25, 0.3) is 0 Å². The summed E-state index contributed by atoms with van der Waals surface area (Å²) in [7, 11) is 0. The van der Waals surface area contributed by atoms with Crippen LogP contribution in [0.5, 0.6) is 0 Å². The van der Waals surface area contributed by atoms with Crippen LogP contribution in [0.1, 0.15) is 17.5 Å². The molecule has 86 valence electrons. The predicted molar refractivity (Wildman–Crippen MR) is 63.9 cm³/mol. The number of hydrogen-bond donors (Lipinski definition) is 0.